The third-order valence-corrected chi connectivity index (χ3v) is 3.46. The highest BCUT2D eigenvalue weighted by atomic mass is 16.2. The number of nitrogens with zero attached hydrogens (tertiary/aromatic N) is 1. The minimum Gasteiger partial charge on any atom is -0.352 e. The van der Waals surface area contributed by atoms with Gasteiger partial charge in [0.25, 0.3) is 5.91 Å². The number of rotatable bonds is 8. The van der Waals surface area contributed by atoms with Crippen LogP contribution in [0.4, 0.5) is 5.69 Å². The number of hydrogen-bond donors (Lipinski definition) is 3. The minimum atomic E-state index is -0.200. The maximum atomic E-state index is 12.0. The van der Waals surface area contributed by atoms with Crippen LogP contribution in [-0.2, 0) is 11.3 Å². The molecule has 2 amide bonds. The van der Waals surface area contributed by atoms with Crippen LogP contribution in [0.2, 0.25) is 0 Å². The van der Waals surface area contributed by atoms with E-state index in [4.69, 9.17) is 0 Å². The molecule has 0 saturated heterocycles. The second-order valence-electron chi connectivity index (χ2n) is 5.38. The van der Waals surface area contributed by atoms with Gasteiger partial charge in [-0.1, -0.05) is 12.1 Å². The molecular weight excluding hydrogens is 304 g/mol. The number of carbonyl (C=O) groups excluding carboxylic acids is 2. The Kier molecular flexibility index (Phi) is 6.91. The molecule has 0 unspecified atom stereocenters. The van der Waals surface area contributed by atoms with Crippen LogP contribution >= 0.6 is 0 Å². The molecule has 6 heteroatoms. The minimum absolute atomic E-state index is 0.0409. The summed E-state index contributed by atoms with van der Waals surface area (Å²) in [6, 6.07) is 10.8. The average molecular weight is 326 g/mol. The molecule has 0 fully saturated rings. The molecule has 1 aromatic carbocycles. The molecule has 0 aliphatic carbocycles. The van der Waals surface area contributed by atoms with Crippen LogP contribution in [0.15, 0.2) is 48.8 Å². The standard InChI is InChI=1S/C18H22N4O2/c1-19-10-3-5-17(23)21-12-14-6-8-16(9-7-14)22-18(24)15-4-2-11-20-13-15/h2,4,6-9,11,13,19H,3,5,10,12H2,1H3,(H,21,23)(H,22,24). The first-order chi connectivity index (χ1) is 11.7. The monoisotopic (exact) mass is 326 g/mol. The maximum Gasteiger partial charge on any atom is 0.257 e. The van der Waals surface area contributed by atoms with Crippen molar-refractivity contribution in [2.45, 2.75) is 19.4 Å². The molecule has 1 aromatic heterocycles. The van der Waals surface area contributed by atoms with Gasteiger partial charge in [0.05, 0.1) is 5.56 Å². The fourth-order valence-corrected chi connectivity index (χ4v) is 2.12. The SMILES string of the molecule is CNCCCC(=O)NCc1ccc(NC(=O)c2cccnc2)cc1. The molecule has 6 nitrogen and oxygen atoms in total. The third-order valence-electron chi connectivity index (χ3n) is 3.46. The first kappa shape index (κ1) is 17.6. The van der Waals surface area contributed by atoms with E-state index in [1.54, 1.807) is 18.3 Å². The molecule has 1 heterocycles. The molecule has 0 atom stereocenters. The van der Waals surface area contributed by atoms with E-state index in [0.29, 0.717) is 24.2 Å². The summed E-state index contributed by atoms with van der Waals surface area (Å²) in [6.45, 7) is 1.31. The summed E-state index contributed by atoms with van der Waals surface area (Å²) in [5.74, 6) is -0.159. The molecule has 0 radical (unpaired) electrons. The summed E-state index contributed by atoms with van der Waals surface area (Å²) < 4.78 is 0. The van der Waals surface area contributed by atoms with E-state index in [1.807, 2.05) is 31.3 Å². The number of aromatic nitrogens is 1. The van der Waals surface area contributed by atoms with E-state index in [0.717, 1.165) is 18.5 Å². The Labute approximate surface area is 141 Å². The highest BCUT2D eigenvalue weighted by Gasteiger charge is 2.06. The fourth-order valence-electron chi connectivity index (χ4n) is 2.12. The van der Waals surface area contributed by atoms with Crippen LogP contribution in [0, 0.1) is 0 Å². The number of pyridine rings is 1. The Morgan fingerprint density at radius 1 is 1.12 bits per heavy atom. The van der Waals surface area contributed by atoms with Crippen molar-refractivity contribution in [3.63, 3.8) is 0 Å². The molecule has 0 aliphatic rings. The van der Waals surface area contributed by atoms with Crippen LogP contribution in [0.3, 0.4) is 0 Å². The molecule has 2 aromatic rings. The van der Waals surface area contributed by atoms with Gasteiger partial charge < -0.3 is 16.0 Å². The molecule has 126 valence electrons. The topological polar surface area (TPSA) is 83.1 Å². The van der Waals surface area contributed by atoms with Crippen molar-refractivity contribution >= 4 is 17.5 Å². The lowest BCUT2D eigenvalue weighted by Crippen LogP contribution is -2.23. The lowest BCUT2D eigenvalue weighted by atomic mass is 10.2. The van der Waals surface area contributed by atoms with Gasteiger partial charge in [-0.15, -0.1) is 0 Å². The molecule has 24 heavy (non-hydrogen) atoms. The van der Waals surface area contributed by atoms with E-state index in [2.05, 4.69) is 20.9 Å². The van der Waals surface area contributed by atoms with Crippen molar-refractivity contribution in [1.82, 2.24) is 15.6 Å². The Hall–Kier alpha value is -2.73. The van der Waals surface area contributed by atoms with Gasteiger partial charge in [-0.2, -0.15) is 0 Å². The Morgan fingerprint density at radius 3 is 2.58 bits per heavy atom. The molecule has 0 spiro atoms. The first-order valence-corrected chi connectivity index (χ1v) is 7.90. The quantitative estimate of drug-likeness (QED) is 0.648. The van der Waals surface area contributed by atoms with Crippen LogP contribution in [0.1, 0.15) is 28.8 Å². The number of hydrogen-bond acceptors (Lipinski definition) is 4. The fraction of sp³-hybridized carbons (Fsp3) is 0.278. The van der Waals surface area contributed by atoms with E-state index in [-0.39, 0.29) is 11.8 Å². The summed E-state index contributed by atoms with van der Waals surface area (Å²) in [5.41, 5.74) is 2.19. The molecule has 2 rings (SSSR count). The van der Waals surface area contributed by atoms with Crippen LogP contribution in [0.25, 0.3) is 0 Å². The van der Waals surface area contributed by atoms with Crippen molar-refractivity contribution in [2.75, 3.05) is 18.9 Å². The van der Waals surface area contributed by atoms with Crippen molar-refractivity contribution in [1.29, 1.82) is 0 Å². The molecule has 3 N–H and O–H groups in total. The maximum absolute atomic E-state index is 12.0. The Balaban J connectivity index is 1.80. The number of anilines is 1. The molecule has 0 saturated carbocycles. The normalized spacial score (nSPS) is 10.2. The van der Waals surface area contributed by atoms with Crippen LogP contribution in [-0.4, -0.2) is 30.4 Å². The Morgan fingerprint density at radius 2 is 1.92 bits per heavy atom. The van der Waals surface area contributed by atoms with Gasteiger partial charge >= 0.3 is 0 Å². The van der Waals surface area contributed by atoms with Crippen molar-refractivity contribution < 1.29 is 9.59 Å². The third kappa shape index (κ3) is 5.81. The van der Waals surface area contributed by atoms with Gasteiger partial charge in [-0.25, -0.2) is 0 Å². The zero-order valence-electron chi connectivity index (χ0n) is 13.7. The highest BCUT2D eigenvalue weighted by Crippen LogP contribution is 2.11. The summed E-state index contributed by atoms with van der Waals surface area (Å²) in [4.78, 5) is 27.6. The van der Waals surface area contributed by atoms with Gasteiger partial charge in [0.2, 0.25) is 5.91 Å². The van der Waals surface area contributed by atoms with E-state index < -0.39 is 0 Å². The van der Waals surface area contributed by atoms with Gasteiger partial charge in [0, 0.05) is 31.0 Å². The van der Waals surface area contributed by atoms with E-state index in [9.17, 15) is 9.59 Å². The zero-order valence-corrected chi connectivity index (χ0v) is 13.7. The Bertz CT molecular complexity index is 656. The predicted octanol–water partition coefficient (Wildman–Crippen LogP) is 1.95. The second-order valence-corrected chi connectivity index (χ2v) is 5.38. The number of benzene rings is 1. The number of amides is 2. The van der Waals surface area contributed by atoms with Gasteiger partial charge in [0.15, 0.2) is 0 Å². The lowest BCUT2D eigenvalue weighted by molar-refractivity contribution is -0.121. The second kappa shape index (κ2) is 9.42. The summed E-state index contributed by atoms with van der Waals surface area (Å²) in [6.07, 6.45) is 4.48. The van der Waals surface area contributed by atoms with E-state index >= 15 is 0 Å². The van der Waals surface area contributed by atoms with Crippen molar-refractivity contribution in [2.24, 2.45) is 0 Å². The predicted molar refractivity (Wildman–Crippen MR) is 93.6 cm³/mol. The molecule has 0 bridgehead atoms. The summed E-state index contributed by atoms with van der Waals surface area (Å²) in [7, 11) is 1.87. The van der Waals surface area contributed by atoms with Crippen molar-refractivity contribution in [3.05, 3.63) is 59.9 Å². The highest BCUT2D eigenvalue weighted by molar-refractivity contribution is 6.03. The lowest BCUT2D eigenvalue weighted by Gasteiger charge is -2.08. The number of carbonyl (C=O) groups is 2. The van der Waals surface area contributed by atoms with E-state index in [1.165, 1.54) is 6.20 Å². The molecule has 0 aliphatic heterocycles. The summed E-state index contributed by atoms with van der Waals surface area (Å²) >= 11 is 0. The van der Waals surface area contributed by atoms with Gasteiger partial charge in [0.1, 0.15) is 0 Å². The van der Waals surface area contributed by atoms with Crippen LogP contribution in [0.5, 0.6) is 0 Å². The van der Waals surface area contributed by atoms with Crippen LogP contribution < -0.4 is 16.0 Å². The van der Waals surface area contributed by atoms with Gasteiger partial charge in [-0.05, 0) is 49.8 Å². The van der Waals surface area contributed by atoms with Crippen molar-refractivity contribution in [3.8, 4) is 0 Å². The first-order valence-electron chi connectivity index (χ1n) is 7.90. The smallest absolute Gasteiger partial charge is 0.257 e. The zero-order chi connectivity index (χ0) is 17.2. The molecular formula is C18H22N4O2. The number of nitrogens with one attached hydrogen (secondary N) is 3. The summed E-state index contributed by atoms with van der Waals surface area (Å²) in [5, 5.41) is 8.71. The van der Waals surface area contributed by atoms with Gasteiger partial charge in [-0.3, -0.25) is 14.6 Å². The largest absolute Gasteiger partial charge is 0.352 e. The average Bonchev–Trinajstić information content (AvgIpc) is 2.62.